The first-order chi connectivity index (χ1) is 10.9. The van der Waals surface area contributed by atoms with Gasteiger partial charge in [0.15, 0.2) is 0 Å². The zero-order valence-corrected chi connectivity index (χ0v) is 16.3. The van der Waals surface area contributed by atoms with Crippen LogP contribution in [0.4, 0.5) is 0 Å². The quantitative estimate of drug-likeness (QED) is 0.822. The van der Waals surface area contributed by atoms with Gasteiger partial charge in [0.25, 0.3) is 5.91 Å². The summed E-state index contributed by atoms with van der Waals surface area (Å²) in [5, 5.41) is 3.54. The number of nitrogens with one attached hydrogen (secondary N) is 1. The fourth-order valence-corrected chi connectivity index (χ4v) is 3.47. The summed E-state index contributed by atoms with van der Waals surface area (Å²) in [6.07, 6.45) is 0. The van der Waals surface area contributed by atoms with Crippen LogP contribution in [0.25, 0.3) is 0 Å². The van der Waals surface area contributed by atoms with Crippen LogP contribution in [0.3, 0.4) is 0 Å². The summed E-state index contributed by atoms with van der Waals surface area (Å²) in [7, 11) is 2.15. The van der Waals surface area contributed by atoms with Crippen LogP contribution in [0.1, 0.15) is 24.2 Å². The van der Waals surface area contributed by atoms with Crippen LogP contribution in [-0.2, 0) is 0 Å². The number of nitrogens with zero attached hydrogens (tertiary/aromatic N) is 2. The molecule has 1 N–H and O–H groups in total. The van der Waals surface area contributed by atoms with Gasteiger partial charge < -0.3 is 10.2 Å². The number of carbonyl (C=O) groups is 1. The number of piperazine rings is 1. The van der Waals surface area contributed by atoms with Crippen LogP contribution in [-0.4, -0.2) is 61.5 Å². The minimum atomic E-state index is -0.115. The zero-order valence-electron chi connectivity index (χ0n) is 14.0. The van der Waals surface area contributed by atoms with Crippen LogP contribution in [0.15, 0.2) is 22.7 Å². The molecule has 1 atom stereocenters. The predicted octanol–water partition coefficient (Wildman–Crippen LogP) is 3.10. The van der Waals surface area contributed by atoms with E-state index in [1.54, 1.807) is 12.1 Å². The molecule has 1 aromatic carbocycles. The van der Waals surface area contributed by atoms with Gasteiger partial charge in [-0.2, -0.15) is 0 Å². The summed E-state index contributed by atoms with van der Waals surface area (Å²) in [6.45, 7) is 9.31. The van der Waals surface area contributed by atoms with Crippen molar-refractivity contribution >= 4 is 33.4 Å². The molecule has 1 fully saturated rings. The van der Waals surface area contributed by atoms with Crippen LogP contribution in [0.5, 0.6) is 0 Å². The first kappa shape index (κ1) is 18.7. The van der Waals surface area contributed by atoms with E-state index in [4.69, 9.17) is 11.6 Å². The van der Waals surface area contributed by atoms with E-state index in [1.807, 2.05) is 6.07 Å². The van der Waals surface area contributed by atoms with Crippen LogP contribution < -0.4 is 5.32 Å². The molecular formula is C17H25BrClN3O. The fraction of sp³-hybridized carbons (Fsp3) is 0.588. The van der Waals surface area contributed by atoms with Gasteiger partial charge >= 0.3 is 0 Å². The highest BCUT2D eigenvalue weighted by Gasteiger charge is 2.25. The molecule has 1 aromatic rings. The second-order valence-electron chi connectivity index (χ2n) is 6.48. The number of carbonyl (C=O) groups excluding carboxylic acids is 1. The van der Waals surface area contributed by atoms with Gasteiger partial charge in [-0.15, -0.1) is 0 Å². The summed E-state index contributed by atoms with van der Waals surface area (Å²) in [5.41, 5.74) is 0.516. The summed E-state index contributed by atoms with van der Waals surface area (Å²) < 4.78 is 0.853. The number of halogens is 2. The highest BCUT2D eigenvalue weighted by Crippen LogP contribution is 2.21. The molecule has 0 unspecified atom stereocenters. The maximum Gasteiger partial charge on any atom is 0.252 e. The van der Waals surface area contributed by atoms with Crippen LogP contribution in [0, 0.1) is 5.92 Å². The molecule has 1 aliphatic rings. The van der Waals surface area contributed by atoms with Crippen molar-refractivity contribution in [3.63, 3.8) is 0 Å². The zero-order chi connectivity index (χ0) is 17.0. The van der Waals surface area contributed by atoms with Crippen molar-refractivity contribution in [3.05, 3.63) is 33.3 Å². The van der Waals surface area contributed by atoms with Crippen molar-refractivity contribution in [2.75, 3.05) is 39.8 Å². The highest BCUT2D eigenvalue weighted by molar-refractivity contribution is 9.10. The fourth-order valence-electron chi connectivity index (χ4n) is 2.90. The van der Waals surface area contributed by atoms with Gasteiger partial charge in [-0.1, -0.05) is 41.4 Å². The molecule has 1 saturated heterocycles. The first-order valence-corrected chi connectivity index (χ1v) is 9.21. The van der Waals surface area contributed by atoms with E-state index in [-0.39, 0.29) is 5.91 Å². The third-order valence-corrected chi connectivity index (χ3v) is 5.24. The molecule has 1 aliphatic heterocycles. The molecular weight excluding hydrogens is 378 g/mol. The Labute approximate surface area is 152 Å². The minimum absolute atomic E-state index is 0.115. The Morgan fingerprint density at radius 1 is 1.30 bits per heavy atom. The molecule has 0 radical (unpaired) electrons. The topological polar surface area (TPSA) is 35.6 Å². The Balaban J connectivity index is 1.98. The minimum Gasteiger partial charge on any atom is -0.350 e. The Bertz CT molecular complexity index is 545. The number of amides is 1. The van der Waals surface area contributed by atoms with Gasteiger partial charge in [0.2, 0.25) is 0 Å². The lowest BCUT2D eigenvalue weighted by atomic mass is 10.0. The van der Waals surface area contributed by atoms with Gasteiger partial charge in [-0.25, -0.2) is 0 Å². The molecule has 0 bridgehead atoms. The molecule has 1 amide bonds. The van der Waals surface area contributed by atoms with Gasteiger partial charge in [0.1, 0.15) is 0 Å². The van der Waals surface area contributed by atoms with Gasteiger partial charge in [0, 0.05) is 43.2 Å². The van der Waals surface area contributed by atoms with Crippen molar-refractivity contribution < 1.29 is 4.79 Å². The number of hydrogen-bond donors (Lipinski definition) is 1. The van der Waals surface area contributed by atoms with Gasteiger partial charge in [0.05, 0.1) is 10.6 Å². The normalized spacial score (nSPS) is 18.2. The lowest BCUT2D eigenvalue weighted by molar-refractivity contribution is 0.0791. The van der Waals surface area contributed by atoms with Crippen molar-refractivity contribution in [2.45, 2.75) is 19.9 Å². The molecule has 6 heteroatoms. The summed E-state index contributed by atoms with van der Waals surface area (Å²) in [6, 6.07) is 5.68. The van der Waals surface area contributed by atoms with E-state index < -0.39 is 0 Å². The molecule has 0 saturated carbocycles. The lowest BCUT2D eigenvalue weighted by Crippen LogP contribution is -2.54. The average molecular weight is 403 g/mol. The smallest absolute Gasteiger partial charge is 0.252 e. The third kappa shape index (κ3) is 5.18. The van der Waals surface area contributed by atoms with Crippen molar-refractivity contribution in [1.82, 2.24) is 15.1 Å². The second-order valence-corrected chi connectivity index (χ2v) is 7.81. The number of hydrogen-bond acceptors (Lipinski definition) is 3. The lowest BCUT2D eigenvalue weighted by Gasteiger charge is -2.39. The molecule has 128 valence electrons. The Hall–Kier alpha value is -0.620. The molecule has 1 heterocycles. The van der Waals surface area contributed by atoms with E-state index in [0.717, 1.165) is 30.7 Å². The van der Waals surface area contributed by atoms with Crippen molar-refractivity contribution in [2.24, 2.45) is 5.92 Å². The van der Waals surface area contributed by atoms with E-state index >= 15 is 0 Å². The van der Waals surface area contributed by atoms with Gasteiger partial charge in [-0.3, -0.25) is 9.69 Å². The molecule has 0 spiro atoms. The maximum atomic E-state index is 12.4. The monoisotopic (exact) mass is 401 g/mol. The van der Waals surface area contributed by atoms with Gasteiger partial charge in [-0.05, 0) is 31.2 Å². The summed E-state index contributed by atoms with van der Waals surface area (Å²) >= 11 is 9.52. The van der Waals surface area contributed by atoms with Crippen LogP contribution in [0.2, 0.25) is 5.02 Å². The Kier molecular flexibility index (Phi) is 6.89. The summed E-state index contributed by atoms with van der Waals surface area (Å²) in [5.74, 6) is 0.368. The molecule has 0 aliphatic carbocycles. The summed E-state index contributed by atoms with van der Waals surface area (Å²) in [4.78, 5) is 17.3. The first-order valence-electron chi connectivity index (χ1n) is 8.04. The molecule has 4 nitrogen and oxygen atoms in total. The third-order valence-electron chi connectivity index (χ3n) is 4.42. The SMILES string of the molecule is CC(C)[C@@H](CNC(=O)c1cc(Br)ccc1Cl)N1CCN(C)CC1. The Morgan fingerprint density at radius 2 is 1.96 bits per heavy atom. The largest absolute Gasteiger partial charge is 0.350 e. The Morgan fingerprint density at radius 3 is 2.57 bits per heavy atom. The van der Waals surface area contributed by atoms with E-state index in [2.05, 4.69) is 51.9 Å². The van der Waals surface area contributed by atoms with E-state index in [0.29, 0.717) is 29.1 Å². The number of rotatable bonds is 5. The van der Waals surface area contributed by atoms with Crippen LogP contribution >= 0.6 is 27.5 Å². The predicted molar refractivity (Wildman–Crippen MR) is 99.2 cm³/mol. The van der Waals surface area contributed by atoms with E-state index in [9.17, 15) is 4.79 Å². The number of benzene rings is 1. The average Bonchev–Trinajstić information content (AvgIpc) is 2.51. The highest BCUT2D eigenvalue weighted by atomic mass is 79.9. The van der Waals surface area contributed by atoms with Crippen molar-refractivity contribution in [3.8, 4) is 0 Å². The standard InChI is InChI=1S/C17H25BrClN3O/c1-12(2)16(22-8-6-21(3)7-9-22)11-20-17(23)14-10-13(18)4-5-15(14)19/h4-5,10,12,16H,6-9,11H2,1-3H3,(H,20,23)/t16-/m1/s1. The van der Waals surface area contributed by atoms with Crippen molar-refractivity contribution in [1.29, 1.82) is 0 Å². The number of likely N-dealkylation sites (N-methyl/N-ethyl adjacent to an activating group) is 1. The van der Waals surface area contributed by atoms with E-state index in [1.165, 1.54) is 0 Å². The second kappa shape index (κ2) is 8.47. The molecule has 0 aromatic heterocycles. The molecule has 23 heavy (non-hydrogen) atoms. The molecule has 2 rings (SSSR count). The maximum absolute atomic E-state index is 12.4.